The summed E-state index contributed by atoms with van der Waals surface area (Å²) in [6.07, 6.45) is 1.40. The second kappa shape index (κ2) is 8.37. The van der Waals surface area contributed by atoms with Gasteiger partial charge in [-0.1, -0.05) is 45.7 Å². The van der Waals surface area contributed by atoms with Gasteiger partial charge in [0.2, 0.25) is 0 Å². The van der Waals surface area contributed by atoms with Gasteiger partial charge in [0.25, 0.3) is 5.91 Å². The molecule has 0 atom stereocenters. The second-order valence-corrected chi connectivity index (χ2v) is 6.00. The number of halogens is 2. The highest BCUT2D eigenvalue weighted by atomic mass is 79.9. The fraction of sp³-hybridized carbons (Fsp3) is 0.0588. The molecule has 0 radical (unpaired) electrons. The normalized spacial score (nSPS) is 10.7. The average Bonchev–Trinajstić information content (AvgIpc) is 2.51. The van der Waals surface area contributed by atoms with Crippen molar-refractivity contribution in [2.75, 3.05) is 5.32 Å². The topological polar surface area (TPSA) is 64.9 Å². The summed E-state index contributed by atoms with van der Waals surface area (Å²) >= 11 is 9.25. The van der Waals surface area contributed by atoms with Gasteiger partial charge in [-0.25, -0.2) is 0 Å². The van der Waals surface area contributed by atoms with Gasteiger partial charge < -0.3 is 10.6 Å². The molecule has 6 heteroatoms. The van der Waals surface area contributed by atoms with Crippen molar-refractivity contribution < 1.29 is 4.79 Å². The molecule has 0 saturated heterocycles. The molecular weight excluding hydrogens is 378 g/mol. The molecule has 0 aromatic heterocycles. The molecule has 0 saturated carbocycles. The molecule has 0 aliphatic heterocycles. The molecule has 116 valence electrons. The number of carbonyl (C=O) groups excluding carboxylic acids is 1. The maximum absolute atomic E-state index is 12.1. The predicted molar refractivity (Wildman–Crippen MR) is 94.8 cm³/mol. The van der Waals surface area contributed by atoms with Crippen LogP contribution in [0.4, 0.5) is 5.69 Å². The second-order valence-electron chi connectivity index (χ2n) is 4.65. The van der Waals surface area contributed by atoms with Crippen LogP contribution in [0.15, 0.2) is 64.8 Å². The fourth-order valence-corrected chi connectivity index (χ4v) is 2.47. The van der Waals surface area contributed by atoms with Crippen LogP contribution in [0.1, 0.15) is 5.56 Å². The van der Waals surface area contributed by atoms with E-state index in [0.29, 0.717) is 17.3 Å². The molecule has 2 aromatic rings. The lowest BCUT2D eigenvalue weighted by molar-refractivity contribution is -0.112. The average molecular weight is 391 g/mol. The lowest BCUT2D eigenvalue weighted by atomic mass is 10.2. The van der Waals surface area contributed by atoms with Crippen molar-refractivity contribution in [3.8, 4) is 6.07 Å². The number of nitriles is 1. The third kappa shape index (κ3) is 5.44. The van der Waals surface area contributed by atoms with Crippen LogP contribution in [0, 0.1) is 11.3 Å². The van der Waals surface area contributed by atoms with Crippen LogP contribution in [0.5, 0.6) is 0 Å². The van der Waals surface area contributed by atoms with Crippen LogP contribution in [-0.4, -0.2) is 5.91 Å². The van der Waals surface area contributed by atoms with Crippen molar-refractivity contribution in [3.05, 3.63) is 75.4 Å². The molecule has 0 spiro atoms. The minimum atomic E-state index is -0.489. The summed E-state index contributed by atoms with van der Waals surface area (Å²) in [5, 5.41) is 15.2. The molecule has 0 aliphatic rings. The van der Waals surface area contributed by atoms with Crippen molar-refractivity contribution in [1.82, 2.24) is 5.32 Å². The van der Waals surface area contributed by atoms with Gasteiger partial charge in [-0.05, 0) is 35.9 Å². The first-order chi connectivity index (χ1) is 11.1. The molecule has 2 aromatic carbocycles. The highest BCUT2D eigenvalue weighted by Crippen LogP contribution is 2.15. The van der Waals surface area contributed by atoms with E-state index in [0.717, 1.165) is 10.0 Å². The minimum Gasteiger partial charge on any atom is -0.386 e. The Bertz CT molecular complexity index is 783. The Labute approximate surface area is 147 Å². The SMILES string of the molecule is N#C/C(=C/NCc1cccc(Br)c1)C(=O)Nc1cccc(Cl)c1. The van der Waals surface area contributed by atoms with Gasteiger partial charge in [0, 0.05) is 27.9 Å². The van der Waals surface area contributed by atoms with E-state index in [2.05, 4.69) is 26.6 Å². The largest absolute Gasteiger partial charge is 0.386 e. The number of benzene rings is 2. The monoisotopic (exact) mass is 389 g/mol. The third-order valence-electron chi connectivity index (χ3n) is 2.89. The Morgan fingerprint density at radius 1 is 1.26 bits per heavy atom. The van der Waals surface area contributed by atoms with Crippen molar-refractivity contribution in [2.24, 2.45) is 0 Å². The lowest BCUT2D eigenvalue weighted by Gasteiger charge is -2.06. The molecule has 1 amide bonds. The van der Waals surface area contributed by atoms with E-state index in [4.69, 9.17) is 16.9 Å². The van der Waals surface area contributed by atoms with E-state index >= 15 is 0 Å². The van der Waals surface area contributed by atoms with E-state index in [1.807, 2.05) is 30.3 Å². The maximum atomic E-state index is 12.1. The number of nitrogens with zero attached hydrogens (tertiary/aromatic N) is 1. The van der Waals surface area contributed by atoms with Gasteiger partial charge >= 0.3 is 0 Å². The van der Waals surface area contributed by atoms with Gasteiger partial charge in [0.1, 0.15) is 11.6 Å². The summed E-state index contributed by atoms with van der Waals surface area (Å²) in [4.78, 5) is 12.1. The zero-order valence-electron chi connectivity index (χ0n) is 12.0. The highest BCUT2D eigenvalue weighted by Gasteiger charge is 2.09. The van der Waals surface area contributed by atoms with E-state index < -0.39 is 5.91 Å². The quantitative estimate of drug-likeness (QED) is 0.593. The van der Waals surface area contributed by atoms with E-state index in [1.165, 1.54) is 6.20 Å². The Kier molecular flexibility index (Phi) is 6.21. The summed E-state index contributed by atoms with van der Waals surface area (Å²) < 4.78 is 0.972. The lowest BCUT2D eigenvalue weighted by Crippen LogP contribution is -2.16. The molecule has 0 fully saturated rings. The summed E-state index contributed by atoms with van der Waals surface area (Å²) in [6.45, 7) is 0.509. The zero-order valence-corrected chi connectivity index (χ0v) is 14.4. The van der Waals surface area contributed by atoms with E-state index in [-0.39, 0.29) is 5.57 Å². The number of carbonyl (C=O) groups is 1. The zero-order chi connectivity index (χ0) is 16.7. The van der Waals surface area contributed by atoms with Gasteiger partial charge in [-0.3, -0.25) is 4.79 Å². The fourth-order valence-electron chi connectivity index (χ4n) is 1.83. The van der Waals surface area contributed by atoms with Crippen molar-refractivity contribution in [2.45, 2.75) is 6.54 Å². The molecule has 23 heavy (non-hydrogen) atoms. The van der Waals surface area contributed by atoms with Crippen LogP contribution in [0.3, 0.4) is 0 Å². The molecule has 2 rings (SSSR count). The molecule has 0 unspecified atom stereocenters. The Morgan fingerprint density at radius 2 is 2.04 bits per heavy atom. The first-order valence-electron chi connectivity index (χ1n) is 6.73. The summed E-state index contributed by atoms with van der Waals surface area (Å²) in [5.41, 5.74) is 1.55. The number of amides is 1. The Morgan fingerprint density at radius 3 is 2.74 bits per heavy atom. The smallest absolute Gasteiger partial charge is 0.267 e. The minimum absolute atomic E-state index is 0.0139. The molecule has 4 nitrogen and oxygen atoms in total. The third-order valence-corrected chi connectivity index (χ3v) is 3.62. The number of anilines is 1. The number of nitrogens with one attached hydrogen (secondary N) is 2. The summed E-state index contributed by atoms with van der Waals surface area (Å²) in [6, 6.07) is 16.4. The van der Waals surface area contributed by atoms with E-state index in [9.17, 15) is 4.79 Å². The van der Waals surface area contributed by atoms with Gasteiger partial charge in [0.05, 0.1) is 0 Å². The van der Waals surface area contributed by atoms with E-state index in [1.54, 1.807) is 24.3 Å². The summed E-state index contributed by atoms with van der Waals surface area (Å²) in [7, 11) is 0. The molecule has 2 N–H and O–H groups in total. The van der Waals surface area contributed by atoms with Crippen molar-refractivity contribution in [1.29, 1.82) is 5.26 Å². The van der Waals surface area contributed by atoms with Crippen molar-refractivity contribution >= 4 is 39.1 Å². The standard InChI is InChI=1S/C17H13BrClN3O/c18-14-4-1-3-12(7-14)10-21-11-13(9-20)17(23)22-16-6-2-5-15(19)8-16/h1-8,11,21H,10H2,(H,22,23)/b13-11-. The highest BCUT2D eigenvalue weighted by molar-refractivity contribution is 9.10. The van der Waals surface area contributed by atoms with Crippen LogP contribution in [-0.2, 0) is 11.3 Å². The van der Waals surface area contributed by atoms with Gasteiger partial charge in [-0.2, -0.15) is 5.26 Å². The van der Waals surface area contributed by atoms with Gasteiger partial charge in [-0.15, -0.1) is 0 Å². The Balaban J connectivity index is 1.98. The first-order valence-corrected chi connectivity index (χ1v) is 7.90. The van der Waals surface area contributed by atoms with Crippen molar-refractivity contribution in [3.63, 3.8) is 0 Å². The maximum Gasteiger partial charge on any atom is 0.267 e. The summed E-state index contributed by atoms with van der Waals surface area (Å²) in [5.74, 6) is -0.489. The van der Waals surface area contributed by atoms with Crippen LogP contribution < -0.4 is 10.6 Å². The molecule has 0 aliphatic carbocycles. The van der Waals surface area contributed by atoms with Crippen LogP contribution >= 0.6 is 27.5 Å². The number of hydrogen-bond acceptors (Lipinski definition) is 3. The molecule has 0 heterocycles. The molecule has 0 bridgehead atoms. The number of hydrogen-bond donors (Lipinski definition) is 2. The Hall–Kier alpha value is -2.29. The van der Waals surface area contributed by atoms with Crippen LogP contribution in [0.2, 0.25) is 5.02 Å². The predicted octanol–water partition coefficient (Wildman–Crippen LogP) is 4.24. The molecular formula is C17H13BrClN3O. The van der Waals surface area contributed by atoms with Gasteiger partial charge in [0.15, 0.2) is 0 Å². The number of rotatable bonds is 5. The van der Waals surface area contributed by atoms with Crippen LogP contribution in [0.25, 0.3) is 0 Å². The first kappa shape index (κ1) is 17.1.